The Kier molecular flexibility index (Phi) is 7.91. The van der Waals surface area contributed by atoms with Crippen molar-refractivity contribution in [3.8, 4) is 11.1 Å². The fourth-order valence-electron chi connectivity index (χ4n) is 3.64. The molecule has 31 heavy (non-hydrogen) atoms. The molecule has 1 saturated heterocycles. The average Bonchev–Trinajstić information content (AvgIpc) is 2.76. The van der Waals surface area contributed by atoms with E-state index in [1.165, 1.54) is 0 Å². The summed E-state index contributed by atoms with van der Waals surface area (Å²) in [5.41, 5.74) is 8.33. The summed E-state index contributed by atoms with van der Waals surface area (Å²) in [4.78, 5) is 12.4. The van der Waals surface area contributed by atoms with E-state index in [1.807, 2.05) is 36.4 Å². The Labute approximate surface area is 190 Å². The largest absolute Gasteiger partial charge is 0.386 e. The summed E-state index contributed by atoms with van der Waals surface area (Å²) in [6.07, 6.45) is -1.24. The highest BCUT2D eigenvalue weighted by Gasteiger charge is 2.39. The lowest BCUT2D eigenvalue weighted by Crippen LogP contribution is -2.64. The first-order chi connectivity index (χ1) is 14.7. The van der Waals surface area contributed by atoms with Crippen molar-refractivity contribution >= 4 is 29.1 Å². The van der Waals surface area contributed by atoms with Crippen molar-refractivity contribution in [1.82, 2.24) is 10.2 Å². The van der Waals surface area contributed by atoms with E-state index in [4.69, 9.17) is 28.9 Å². The lowest BCUT2D eigenvalue weighted by molar-refractivity contribution is -0.121. The van der Waals surface area contributed by atoms with Crippen LogP contribution >= 0.6 is 23.2 Å². The van der Waals surface area contributed by atoms with E-state index in [0.717, 1.165) is 23.2 Å². The Morgan fingerprint density at radius 1 is 1.13 bits per heavy atom. The van der Waals surface area contributed by atoms with Gasteiger partial charge >= 0.3 is 0 Å². The molecule has 5 N–H and O–H groups in total. The van der Waals surface area contributed by atoms with Crippen LogP contribution in [0.4, 0.5) is 4.39 Å². The van der Waals surface area contributed by atoms with E-state index < -0.39 is 35.2 Å². The molecule has 1 fully saturated rings. The number of alkyl halides is 3. The molecule has 0 aromatic heterocycles. The number of carbonyl (C=O) groups is 1. The lowest BCUT2D eigenvalue weighted by Gasteiger charge is -2.45. The molecule has 0 aliphatic carbocycles. The summed E-state index contributed by atoms with van der Waals surface area (Å²) in [6, 6.07) is 14.0. The zero-order valence-electron chi connectivity index (χ0n) is 16.8. The molecule has 0 radical (unpaired) electrons. The number of aliphatic hydroxyl groups excluding tert-OH is 1. The third-order valence-electron chi connectivity index (χ3n) is 5.43. The van der Waals surface area contributed by atoms with Crippen molar-refractivity contribution in [2.45, 2.75) is 29.1 Å². The van der Waals surface area contributed by atoms with Crippen LogP contribution in [0, 0.1) is 0 Å². The van der Waals surface area contributed by atoms with E-state index in [-0.39, 0.29) is 6.54 Å². The van der Waals surface area contributed by atoms with Gasteiger partial charge < -0.3 is 21.3 Å². The van der Waals surface area contributed by atoms with Gasteiger partial charge in [-0.15, -0.1) is 0 Å². The van der Waals surface area contributed by atoms with Gasteiger partial charge in [-0.2, -0.15) is 0 Å². The Morgan fingerprint density at radius 2 is 1.68 bits per heavy atom. The number of halogens is 3. The predicted molar refractivity (Wildman–Crippen MR) is 120 cm³/mol. The molecule has 1 heterocycles. The Hall–Kier alpha value is -1.74. The topological polar surface area (TPSA) is 98.8 Å². The second-order valence-electron chi connectivity index (χ2n) is 7.91. The van der Waals surface area contributed by atoms with Crippen molar-refractivity contribution in [2.24, 2.45) is 5.73 Å². The zero-order chi connectivity index (χ0) is 22.6. The number of rotatable bonds is 9. The number of β-amino-alcohol motifs (C(OH)–C–C–N with tert-alkyl or cyclic N) is 1. The molecule has 2 aromatic rings. The third-order valence-corrected chi connectivity index (χ3v) is 5.83. The number of aliphatic hydroxyl groups is 2. The summed E-state index contributed by atoms with van der Waals surface area (Å²) in [6.45, 7) is 1.20. The first kappa shape index (κ1) is 23.9. The maximum Gasteiger partial charge on any atom is 0.253 e. The molecule has 6 nitrogen and oxygen atoms in total. The number of amides is 1. The Balaban J connectivity index is 1.61. The smallest absolute Gasteiger partial charge is 0.253 e. The molecular formula is C22H26Cl2FN3O3. The van der Waals surface area contributed by atoms with Crippen molar-refractivity contribution in [3.63, 3.8) is 0 Å². The molecule has 3 rings (SSSR count). The number of hydrogen-bond acceptors (Lipinski definition) is 5. The summed E-state index contributed by atoms with van der Waals surface area (Å²) in [5.74, 6) is -0.757. The molecule has 0 spiro atoms. The second kappa shape index (κ2) is 10.3. The van der Waals surface area contributed by atoms with Gasteiger partial charge in [0.15, 0.2) is 4.84 Å². The molecule has 1 amide bonds. The standard InChI is InChI=1S/C22H26Cl2FN3O3/c23-20(24)21(30)27-18(9-25)19(29)17-7-5-16(6-8-17)15-3-1-14(2-4-15)10-28-12-22(31,11-26)13-28/h1-8,18-20,29,31H,9-13,26H2,(H,27,30)/t18-,19+/m1/s1. The van der Waals surface area contributed by atoms with Gasteiger partial charge in [-0.25, -0.2) is 4.39 Å². The number of carbonyl (C=O) groups excluding carboxylic acids is 1. The lowest BCUT2D eigenvalue weighted by atomic mass is 9.93. The van der Waals surface area contributed by atoms with Crippen LogP contribution in [0.5, 0.6) is 0 Å². The number of benzene rings is 2. The molecule has 0 saturated carbocycles. The maximum atomic E-state index is 13.3. The number of nitrogens with one attached hydrogen (secondary N) is 1. The molecular weight excluding hydrogens is 444 g/mol. The van der Waals surface area contributed by atoms with Gasteiger partial charge in [0.2, 0.25) is 0 Å². The summed E-state index contributed by atoms with van der Waals surface area (Å²) in [7, 11) is 0. The van der Waals surface area contributed by atoms with Gasteiger partial charge in [-0.3, -0.25) is 9.69 Å². The fraction of sp³-hybridized carbons (Fsp3) is 0.409. The van der Waals surface area contributed by atoms with Crippen molar-refractivity contribution in [3.05, 3.63) is 59.7 Å². The SMILES string of the molecule is NCC1(O)CN(Cc2ccc(-c3ccc([C@H](O)[C@@H](CF)NC(=O)C(Cl)Cl)cc3)cc2)C1. The monoisotopic (exact) mass is 469 g/mol. The van der Waals surface area contributed by atoms with Gasteiger partial charge in [0, 0.05) is 26.2 Å². The molecule has 0 bridgehead atoms. The van der Waals surface area contributed by atoms with Crippen LogP contribution < -0.4 is 11.1 Å². The molecule has 1 aliphatic rings. The molecule has 1 aliphatic heterocycles. The van der Waals surface area contributed by atoms with Gasteiger partial charge in [0.1, 0.15) is 18.4 Å². The molecule has 168 valence electrons. The summed E-state index contributed by atoms with van der Waals surface area (Å²) < 4.78 is 13.3. The molecule has 2 atom stereocenters. The quantitative estimate of drug-likeness (QED) is 0.421. The van der Waals surface area contributed by atoms with Gasteiger partial charge in [0.25, 0.3) is 5.91 Å². The highest BCUT2D eigenvalue weighted by molar-refractivity contribution is 6.53. The van der Waals surface area contributed by atoms with Gasteiger partial charge in [-0.1, -0.05) is 71.7 Å². The van der Waals surface area contributed by atoms with Gasteiger partial charge in [0.05, 0.1) is 6.04 Å². The van der Waals surface area contributed by atoms with Crippen LogP contribution in [0.15, 0.2) is 48.5 Å². The first-order valence-corrected chi connectivity index (χ1v) is 10.8. The van der Waals surface area contributed by atoms with Crippen LogP contribution in [0.3, 0.4) is 0 Å². The van der Waals surface area contributed by atoms with Crippen LogP contribution in [-0.4, -0.2) is 63.8 Å². The number of nitrogens with zero attached hydrogens (tertiary/aromatic N) is 1. The molecule has 9 heteroatoms. The predicted octanol–water partition coefficient (Wildman–Crippen LogP) is 2.15. The summed E-state index contributed by atoms with van der Waals surface area (Å²) in [5, 5.41) is 22.7. The van der Waals surface area contributed by atoms with Crippen LogP contribution in [0.2, 0.25) is 0 Å². The van der Waals surface area contributed by atoms with Crippen LogP contribution in [0.1, 0.15) is 17.2 Å². The van der Waals surface area contributed by atoms with Crippen molar-refractivity contribution in [1.29, 1.82) is 0 Å². The first-order valence-electron chi connectivity index (χ1n) is 9.91. The Morgan fingerprint density at radius 3 is 2.16 bits per heavy atom. The fourth-order valence-corrected chi connectivity index (χ4v) is 3.77. The minimum atomic E-state index is -1.33. The van der Waals surface area contributed by atoms with Crippen molar-refractivity contribution in [2.75, 3.05) is 26.3 Å². The number of nitrogens with two attached hydrogens (primary N) is 1. The number of likely N-dealkylation sites (tertiary alicyclic amines) is 1. The normalized spacial score (nSPS) is 17.8. The highest BCUT2D eigenvalue weighted by Crippen LogP contribution is 2.26. The van der Waals surface area contributed by atoms with E-state index in [2.05, 4.69) is 10.2 Å². The van der Waals surface area contributed by atoms with Crippen LogP contribution in [0.25, 0.3) is 11.1 Å². The molecule has 0 unspecified atom stereocenters. The van der Waals surface area contributed by atoms with E-state index in [0.29, 0.717) is 18.7 Å². The maximum absolute atomic E-state index is 13.3. The van der Waals surface area contributed by atoms with E-state index >= 15 is 0 Å². The third kappa shape index (κ3) is 5.94. The van der Waals surface area contributed by atoms with Crippen molar-refractivity contribution < 1.29 is 19.4 Å². The highest BCUT2D eigenvalue weighted by atomic mass is 35.5. The number of hydrogen-bond donors (Lipinski definition) is 4. The van der Waals surface area contributed by atoms with Gasteiger partial charge in [-0.05, 0) is 22.3 Å². The van der Waals surface area contributed by atoms with Crippen LogP contribution in [-0.2, 0) is 11.3 Å². The van der Waals surface area contributed by atoms with E-state index in [9.17, 15) is 19.4 Å². The van der Waals surface area contributed by atoms with E-state index in [1.54, 1.807) is 12.1 Å². The Bertz CT molecular complexity index is 875. The minimum Gasteiger partial charge on any atom is -0.386 e. The summed E-state index contributed by atoms with van der Waals surface area (Å²) >= 11 is 10.9. The second-order valence-corrected chi connectivity index (χ2v) is 9.00. The average molecular weight is 470 g/mol. The molecule has 2 aromatic carbocycles. The zero-order valence-corrected chi connectivity index (χ0v) is 18.4. The minimum absolute atomic E-state index is 0.269.